The van der Waals surface area contributed by atoms with Gasteiger partial charge < -0.3 is 10.2 Å². The van der Waals surface area contributed by atoms with Crippen molar-refractivity contribution < 1.29 is 18.0 Å². The highest BCUT2D eigenvalue weighted by molar-refractivity contribution is 5.82. The van der Waals surface area contributed by atoms with Crippen molar-refractivity contribution in [1.82, 2.24) is 10.2 Å². The van der Waals surface area contributed by atoms with Crippen LogP contribution in [0.15, 0.2) is 0 Å². The highest BCUT2D eigenvalue weighted by Crippen LogP contribution is 2.28. The maximum atomic E-state index is 12.4. The zero-order valence-electron chi connectivity index (χ0n) is 8.89. The summed E-state index contributed by atoms with van der Waals surface area (Å²) in [5.74, 6) is -1.67. The highest BCUT2D eigenvalue weighted by atomic mass is 19.4. The number of carbonyl (C=O) groups is 1. The van der Waals surface area contributed by atoms with E-state index in [1.165, 1.54) is 0 Å². The lowest BCUT2D eigenvalue weighted by molar-refractivity contribution is -0.187. The van der Waals surface area contributed by atoms with Crippen LogP contribution in [0.2, 0.25) is 0 Å². The van der Waals surface area contributed by atoms with Gasteiger partial charge in [-0.2, -0.15) is 13.2 Å². The third kappa shape index (κ3) is 2.16. The number of nitrogens with one attached hydrogen (secondary N) is 1. The molecule has 2 saturated heterocycles. The van der Waals surface area contributed by atoms with Crippen molar-refractivity contribution in [2.24, 2.45) is 0 Å². The summed E-state index contributed by atoms with van der Waals surface area (Å²) in [5.41, 5.74) is 0. The fraction of sp³-hybridized carbons (Fsp3) is 0.900. The smallest absolute Gasteiger partial charge is 0.330 e. The van der Waals surface area contributed by atoms with Crippen molar-refractivity contribution in [3.63, 3.8) is 0 Å². The predicted octanol–water partition coefficient (Wildman–Crippen LogP) is 1.29. The average Bonchev–Trinajstić information content (AvgIpc) is 2.56. The van der Waals surface area contributed by atoms with Crippen LogP contribution in [-0.2, 0) is 4.79 Å². The molecule has 0 saturated carbocycles. The van der Waals surface area contributed by atoms with Crippen LogP contribution < -0.4 is 5.32 Å². The van der Waals surface area contributed by atoms with Crippen molar-refractivity contribution >= 4 is 5.91 Å². The van der Waals surface area contributed by atoms with E-state index in [1.807, 2.05) is 0 Å². The van der Waals surface area contributed by atoms with Crippen molar-refractivity contribution in [2.75, 3.05) is 13.1 Å². The molecular weight excluding hydrogens is 221 g/mol. The average molecular weight is 236 g/mol. The molecule has 2 atom stereocenters. The summed E-state index contributed by atoms with van der Waals surface area (Å²) in [6.07, 6.45) is -1.69. The van der Waals surface area contributed by atoms with Crippen LogP contribution in [0.3, 0.4) is 0 Å². The minimum atomic E-state index is -4.74. The third-order valence-corrected chi connectivity index (χ3v) is 3.38. The second-order valence-electron chi connectivity index (χ2n) is 4.41. The quantitative estimate of drug-likeness (QED) is 0.687. The lowest BCUT2D eigenvalue weighted by Crippen LogP contribution is -2.50. The SMILES string of the molecule is O=C(N1CCCC[C@@H]2NCC[C@@H]21)C(F)(F)F. The largest absolute Gasteiger partial charge is 0.471 e. The van der Waals surface area contributed by atoms with Gasteiger partial charge in [-0.25, -0.2) is 0 Å². The molecule has 0 aliphatic carbocycles. The fourth-order valence-electron chi connectivity index (χ4n) is 2.65. The van der Waals surface area contributed by atoms with Gasteiger partial charge >= 0.3 is 12.1 Å². The molecule has 0 aromatic rings. The number of alkyl halides is 3. The van der Waals surface area contributed by atoms with E-state index in [-0.39, 0.29) is 18.6 Å². The number of hydrogen-bond acceptors (Lipinski definition) is 2. The molecule has 0 spiro atoms. The first kappa shape index (κ1) is 11.7. The van der Waals surface area contributed by atoms with Crippen molar-refractivity contribution in [3.05, 3.63) is 0 Å². The summed E-state index contributed by atoms with van der Waals surface area (Å²) in [4.78, 5) is 12.3. The first-order valence-electron chi connectivity index (χ1n) is 5.61. The lowest BCUT2D eigenvalue weighted by Gasteiger charge is -2.30. The minimum absolute atomic E-state index is 0.0498. The van der Waals surface area contributed by atoms with Gasteiger partial charge in [0.05, 0.1) is 0 Å². The summed E-state index contributed by atoms with van der Waals surface area (Å²) in [5, 5.41) is 3.17. The number of rotatable bonds is 0. The Morgan fingerprint density at radius 3 is 2.69 bits per heavy atom. The Labute approximate surface area is 92.0 Å². The molecule has 0 aromatic carbocycles. The molecule has 1 amide bonds. The summed E-state index contributed by atoms with van der Waals surface area (Å²) < 4.78 is 37.2. The predicted molar refractivity (Wildman–Crippen MR) is 51.8 cm³/mol. The Hall–Kier alpha value is -0.780. The van der Waals surface area contributed by atoms with Gasteiger partial charge in [0, 0.05) is 18.6 Å². The topological polar surface area (TPSA) is 32.3 Å². The molecule has 1 N–H and O–H groups in total. The van der Waals surface area contributed by atoms with Gasteiger partial charge in [-0.3, -0.25) is 4.79 Å². The second kappa shape index (κ2) is 4.24. The van der Waals surface area contributed by atoms with E-state index >= 15 is 0 Å². The van der Waals surface area contributed by atoms with Crippen LogP contribution >= 0.6 is 0 Å². The van der Waals surface area contributed by atoms with E-state index in [9.17, 15) is 18.0 Å². The molecule has 0 radical (unpaired) electrons. The number of amides is 1. The molecule has 16 heavy (non-hydrogen) atoms. The zero-order chi connectivity index (χ0) is 11.8. The number of nitrogens with zero attached hydrogens (tertiary/aromatic N) is 1. The summed E-state index contributed by atoms with van der Waals surface area (Å²) >= 11 is 0. The van der Waals surface area contributed by atoms with Gasteiger partial charge in [0.2, 0.25) is 0 Å². The van der Waals surface area contributed by atoms with Gasteiger partial charge in [0.25, 0.3) is 0 Å². The number of likely N-dealkylation sites (tertiary alicyclic amines) is 1. The summed E-state index contributed by atoms with van der Waals surface area (Å²) in [6.45, 7) is 0.943. The molecule has 2 heterocycles. The molecule has 2 fully saturated rings. The van der Waals surface area contributed by atoms with E-state index in [4.69, 9.17) is 0 Å². The van der Waals surface area contributed by atoms with Gasteiger partial charge in [-0.05, 0) is 25.8 Å². The number of carbonyl (C=O) groups excluding carboxylic acids is 1. The highest BCUT2D eigenvalue weighted by Gasteiger charge is 2.47. The maximum Gasteiger partial charge on any atom is 0.471 e. The Kier molecular flexibility index (Phi) is 3.10. The van der Waals surface area contributed by atoms with Crippen LogP contribution in [0.1, 0.15) is 25.7 Å². The minimum Gasteiger partial charge on any atom is -0.330 e. The first-order chi connectivity index (χ1) is 7.50. The number of hydrogen-bond donors (Lipinski definition) is 1. The number of halogens is 3. The van der Waals surface area contributed by atoms with E-state index < -0.39 is 12.1 Å². The Morgan fingerprint density at radius 1 is 1.25 bits per heavy atom. The van der Waals surface area contributed by atoms with Gasteiger partial charge in [0.1, 0.15) is 0 Å². The standard InChI is InChI=1S/C10H15F3N2O/c11-10(12,13)9(16)15-6-2-1-3-7-8(15)4-5-14-7/h7-8,14H,1-6H2/t7-,8-/m0/s1. The van der Waals surface area contributed by atoms with Crippen LogP contribution in [0.25, 0.3) is 0 Å². The van der Waals surface area contributed by atoms with Crippen molar-refractivity contribution in [1.29, 1.82) is 0 Å². The van der Waals surface area contributed by atoms with Crippen molar-refractivity contribution in [3.8, 4) is 0 Å². The molecular formula is C10H15F3N2O. The molecule has 2 rings (SSSR count). The zero-order valence-corrected chi connectivity index (χ0v) is 8.89. The van der Waals surface area contributed by atoms with Crippen LogP contribution in [0.4, 0.5) is 13.2 Å². The Morgan fingerprint density at radius 2 is 2.00 bits per heavy atom. The normalized spacial score (nSPS) is 31.1. The Bertz CT molecular complexity index is 280. The first-order valence-corrected chi connectivity index (χ1v) is 5.61. The molecule has 0 aromatic heterocycles. The van der Waals surface area contributed by atoms with Gasteiger partial charge in [-0.1, -0.05) is 6.42 Å². The Balaban J connectivity index is 2.14. The van der Waals surface area contributed by atoms with Crippen LogP contribution in [0.5, 0.6) is 0 Å². The second-order valence-corrected chi connectivity index (χ2v) is 4.41. The van der Waals surface area contributed by atoms with E-state index in [0.29, 0.717) is 19.4 Å². The van der Waals surface area contributed by atoms with Gasteiger partial charge in [-0.15, -0.1) is 0 Å². The molecule has 92 valence electrons. The van der Waals surface area contributed by atoms with Crippen LogP contribution in [0, 0.1) is 0 Å². The molecule has 0 bridgehead atoms. The molecule has 6 heteroatoms. The number of fused-ring (bicyclic) bond motifs is 1. The van der Waals surface area contributed by atoms with Crippen molar-refractivity contribution in [2.45, 2.75) is 43.9 Å². The summed E-state index contributed by atoms with van der Waals surface area (Å²) in [6, 6.07) is -0.217. The third-order valence-electron chi connectivity index (χ3n) is 3.38. The van der Waals surface area contributed by atoms with E-state index in [0.717, 1.165) is 17.7 Å². The van der Waals surface area contributed by atoms with Gasteiger partial charge in [0.15, 0.2) is 0 Å². The molecule has 2 aliphatic rings. The van der Waals surface area contributed by atoms with Crippen LogP contribution in [-0.4, -0.2) is 42.2 Å². The van der Waals surface area contributed by atoms with E-state index in [2.05, 4.69) is 5.32 Å². The summed E-state index contributed by atoms with van der Waals surface area (Å²) in [7, 11) is 0. The monoisotopic (exact) mass is 236 g/mol. The maximum absolute atomic E-state index is 12.4. The molecule has 3 nitrogen and oxygen atoms in total. The molecule has 2 aliphatic heterocycles. The lowest BCUT2D eigenvalue weighted by atomic mass is 10.1. The van der Waals surface area contributed by atoms with E-state index in [1.54, 1.807) is 0 Å². The molecule has 0 unspecified atom stereocenters. The fourth-order valence-corrected chi connectivity index (χ4v) is 2.65.